The SMILES string of the molecule is CCN(C(=O)C(=O)N(C)[C@](CCN1CCC2(CC1)c1ccccc1C[S+]2[O-])(CN(C)C(=O)C(C)(C)C)c1ccc(Cl)c(Cl)c1)c1ccccc1. The van der Waals surface area contributed by atoms with Crippen molar-refractivity contribution < 1.29 is 18.9 Å². The smallest absolute Gasteiger partial charge is 0.316 e. The van der Waals surface area contributed by atoms with Crippen LogP contribution >= 0.6 is 23.2 Å². The summed E-state index contributed by atoms with van der Waals surface area (Å²) in [4.78, 5) is 49.1. The Morgan fingerprint density at radius 1 is 0.900 bits per heavy atom. The lowest BCUT2D eigenvalue weighted by Crippen LogP contribution is -2.59. The fraction of sp³-hybridized carbons (Fsp3) is 0.462. The number of nitrogens with zero attached hydrogens (tertiary/aromatic N) is 4. The van der Waals surface area contributed by atoms with Gasteiger partial charge in [0.2, 0.25) is 5.91 Å². The van der Waals surface area contributed by atoms with Gasteiger partial charge in [-0.3, -0.25) is 14.4 Å². The zero-order valence-electron chi connectivity index (χ0n) is 29.9. The van der Waals surface area contributed by atoms with Crippen molar-refractivity contribution in [2.24, 2.45) is 5.41 Å². The number of carbonyl (C=O) groups is 3. The van der Waals surface area contributed by atoms with Gasteiger partial charge >= 0.3 is 11.8 Å². The second kappa shape index (κ2) is 15.3. The first-order chi connectivity index (χ1) is 23.6. The molecule has 2 heterocycles. The molecule has 0 radical (unpaired) electrons. The van der Waals surface area contributed by atoms with Gasteiger partial charge in [-0.25, -0.2) is 0 Å². The summed E-state index contributed by atoms with van der Waals surface area (Å²) in [5.74, 6) is -0.883. The Morgan fingerprint density at radius 2 is 1.54 bits per heavy atom. The molecule has 1 spiro atoms. The molecule has 0 saturated carbocycles. The number of carbonyl (C=O) groups excluding carboxylic acids is 3. The van der Waals surface area contributed by atoms with Gasteiger partial charge in [0.05, 0.1) is 15.6 Å². The predicted octanol–water partition coefficient (Wildman–Crippen LogP) is 6.85. The normalized spacial score (nSPS) is 18.3. The van der Waals surface area contributed by atoms with Gasteiger partial charge in [0.1, 0.15) is 5.75 Å². The number of para-hydroxylation sites is 1. The quantitative estimate of drug-likeness (QED) is 0.177. The molecule has 1 saturated heterocycles. The molecule has 3 aromatic rings. The lowest BCUT2D eigenvalue weighted by atomic mass is 9.82. The van der Waals surface area contributed by atoms with Crippen molar-refractivity contribution in [3.8, 4) is 0 Å². The highest BCUT2D eigenvalue weighted by Gasteiger charge is 2.52. The van der Waals surface area contributed by atoms with Crippen LogP contribution in [-0.4, -0.2) is 83.8 Å². The van der Waals surface area contributed by atoms with Crippen LogP contribution in [0.5, 0.6) is 0 Å². The number of fused-ring (bicyclic) bond motifs is 2. The van der Waals surface area contributed by atoms with Crippen molar-refractivity contribution in [3.05, 3.63) is 99.5 Å². The number of rotatable bonds is 9. The standard InChI is InChI=1S/C39H48Cl2N4O4S/c1-7-45(30-14-9-8-10-15-30)35(47)34(46)43(6)38(27-42(5)36(48)37(2,3)4,29-17-18-32(40)33(41)25-29)19-22-44-23-20-39(21-24-44)31-16-12-11-13-28(31)26-50(39)49/h8-18,25H,7,19-24,26-27H2,1-6H3/t38-,50?/m1/s1. The van der Waals surface area contributed by atoms with Crippen LogP contribution < -0.4 is 4.90 Å². The summed E-state index contributed by atoms with van der Waals surface area (Å²) < 4.78 is 13.2. The van der Waals surface area contributed by atoms with Gasteiger partial charge in [-0.05, 0) is 54.3 Å². The Morgan fingerprint density at radius 3 is 2.16 bits per heavy atom. The maximum Gasteiger partial charge on any atom is 0.316 e. The lowest BCUT2D eigenvalue weighted by molar-refractivity contribution is -0.151. The number of hydrogen-bond acceptors (Lipinski definition) is 5. The third-order valence-corrected chi connectivity index (χ3v) is 13.3. The Bertz CT molecular complexity index is 1710. The van der Waals surface area contributed by atoms with Crippen molar-refractivity contribution in [2.45, 2.75) is 63.0 Å². The van der Waals surface area contributed by atoms with Gasteiger partial charge < -0.3 is 24.2 Å². The lowest BCUT2D eigenvalue weighted by Gasteiger charge is -2.47. The topological polar surface area (TPSA) is 87.2 Å². The summed E-state index contributed by atoms with van der Waals surface area (Å²) in [6.45, 7) is 9.83. The Balaban J connectivity index is 1.51. The number of amides is 3. The molecule has 3 amide bonds. The fourth-order valence-corrected chi connectivity index (χ4v) is 9.77. The molecule has 0 aromatic heterocycles. The Labute approximate surface area is 309 Å². The Kier molecular flexibility index (Phi) is 11.6. The number of anilines is 1. The van der Waals surface area contributed by atoms with Crippen LogP contribution in [0.25, 0.3) is 0 Å². The van der Waals surface area contributed by atoms with E-state index in [2.05, 4.69) is 17.0 Å². The maximum absolute atomic E-state index is 14.4. The highest BCUT2D eigenvalue weighted by molar-refractivity contribution is 7.92. The maximum atomic E-state index is 14.4. The zero-order chi connectivity index (χ0) is 36.4. The Hall–Kier alpha value is -3.08. The summed E-state index contributed by atoms with van der Waals surface area (Å²) in [5, 5.41) is 0.674. The highest BCUT2D eigenvalue weighted by atomic mass is 35.5. The van der Waals surface area contributed by atoms with Crippen LogP contribution in [0, 0.1) is 5.41 Å². The third kappa shape index (κ3) is 7.44. The molecule has 3 aromatic carbocycles. The molecule has 1 fully saturated rings. The van der Waals surface area contributed by atoms with Crippen LogP contribution in [-0.2, 0) is 41.6 Å². The molecule has 11 heteroatoms. The van der Waals surface area contributed by atoms with Crippen molar-refractivity contribution in [3.63, 3.8) is 0 Å². The van der Waals surface area contributed by atoms with Crippen LogP contribution in [0.3, 0.4) is 0 Å². The van der Waals surface area contributed by atoms with Gasteiger partial charge in [0.15, 0.2) is 4.75 Å². The molecular weight excluding hydrogens is 691 g/mol. The van der Waals surface area contributed by atoms with Crippen molar-refractivity contribution in [2.75, 3.05) is 51.7 Å². The summed E-state index contributed by atoms with van der Waals surface area (Å²) in [5.41, 5.74) is 1.82. The largest absolute Gasteiger partial charge is 0.615 e. The first-order valence-corrected chi connectivity index (χ1v) is 19.3. The van der Waals surface area contributed by atoms with E-state index in [9.17, 15) is 18.9 Å². The zero-order valence-corrected chi connectivity index (χ0v) is 32.2. The summed E-state index contributed by atoms with van der Waals surface area (Å²) in [7, 11) is 3.38. The number of piperidine rings is 1. The number of likely N-dealkylation sites (N-methyl/N-ethyl adjacent to an activating group) is 3. The van der Waals surface area contributed by atoms with Crippen LogP contribution in [0.1, 0.15) is 63.6 Å². The van der Waals surface area contributed by atoms with E-state index in [0.29, 0.717) is 46.6 Å². The van der Waals surface area contributed by atoms with E-state index < -0.39 is 33.9 Å². The first kappa shape index (κ1) is 38.2. The molecule has 50 heavy (non-hydrogen) atoms. The number of hydrogen-bond donors (Lipinski definition) is 0. The minimum absolute atomic E-state index is 0.101. The van der Waals surface area contributed by atoms with Gasteiger partial charge in [-0.1, -0.05) is 92.5 Å². The van der Waals surface area contributed by atoms with Crippen molar-refractivity contribution in [1.82, 2.24) is 14.7 Å². The molecule has 268 valence electrons. The van der Waals surface area contributed by atoms with Gasteiger partial charge in [0, 0.05) is 81.9 Å². The predicted molar refractivity (Wildman–Crippen MR) is 203 cm³/mol. The van der Waals surface area contributed by atoms with Crippen LogP contribution in [0.4, 0.5) is 5.69 Å². The van der Waals surface area contributed by atoms with E-state index in [1.165, 1.54) is 20.9 Å². The molecule has 0 aliphatic carbocycles. The number of halogens is 2. The molecule has 2 aliphatic heterocycles. The van der Waals surface area contributed by atoms with E-state index >= 15 is 0 Å². The average Bonchev–Trinajstić information content (AvgIpc) is 3.37. The minimum Gasteiger partial charge on any atom is -0.615 e. The fourth-order valence-electron chi connectivity index (χ4n) is 7.58. The van der Waals surface area contributed by atoms with Crippen LogP contribution in [0.2, 0.25) is 10.0 Å². The summed E-state index contributed by atoms with van der Waals surface area (Å²) in [6.07, 6.45) is 1.91. The third-order valence-electron chi connectivity index (χ3n) is 10.4. The summed E-state index contributed by atoms with van der Waals surface area (Å²) >= 11 is 12.0. The summed E-state index contributed by atoms with van der Waals surface area (Å²) in [6, 6.07) is 22.6. The van der Waals surface area contributed by atoms with E-state index in [1.807, 2.05) is 64.1 Å². The molecule has 2 atom stereocenters. The minimum atomic E-state index is -1.16. The van der Waals surface area contributed by atoms with Gasteiger partial charge in [-0.2, -0.15) is 0 Å². The van der Waals surface area contributed by atoms with Gasteiger partial charge in [-0.15, -0.1) is 0 Å². The monoisotopic (exact) mass is 738 g/mol. The van der Waals surface area contributed by atoms with E-state index in [1.54, 1.807) is 43.3 Å². The van der Waals surface area contributed by atoms with Crippen molar-refractivity contribution >= 4 is 57.8 Å². The second-order valence-electron chi connectivity index (χ2n) is 14.6. The number of benzene rings is 3. The number of likely N-dealkylation sites (tertiary alicyclic amines) is 1. The molecule has 2 aliphatic rings. The van der Waals surface area contributed by atoms with Crippen LogP contribution in [0.15, 0.2) is 72.8 Å². The molecule has 1 unspecified atom stereocenters. The molecular formula is C39H48Cl2N4O4S. The molecule has 8 nitrogen and oxygen atoms in total. The average molecular weight is 740 g/mol. The highest BCUT2D eigenvalue weighted by Crippen LogP contribution is 2.49. The molecule has 0 bridgehead atoms. The molecule has 5 rings (SSSR count). The second-order valence-corrected chi connectivity index (χ2v) is 17.1. The van der Waals surface area contributed by atoms with E-state index in [4.69, 9.17) is 23.2 Å². The van der Waals surface area contributed by atoms with Gasteiger partial charge in [0.25, 0.3) is 0 Å². The van der Waals surface area contributed by atoms with Crippen molar-refractivity contribution in [1.29, 1.82) is 0 Å². The van der Waals surface area contributed by atoms with E-state index in [-0.39, 0.29) is 17.2 Å². The first-order valence-electron chi connectivity index (χ1n) is 17.2. The van der Waals surface area contributed by atoms with E-state index in [0.717, 1.165) is 25.9 Å². The molecule has 0 N–H and O–H groups in total.